The van der Waals surface area contributed by atoms with Crippen molar-refractivity contribution in [2.45, 2.75) is 25.4 Å². The van der Waals surface area contributed by atoms with Crippen LogP contribution >= 0.6 is 0 Å². The lowest BCUT2D eigenvalue weighted by atomic mass is 10.1. The molecule has 134 valence electrons. The summed E-state index contributed by atoms with van der Waals surface area (Å²) in [6, 6.07) is 7.09. The van der Waals surface area contributed by atoms with Gasteiger partial charge in [0.1, 0.15) is 12.4 Å². The average molecular weight is 353 g/mol. The van der Waals surface area contributed by atoms with Gasteiger partial charge in [-0.2, -0.15) is 0 Å². The quantitative estimate of drug-likeness (QED) is 0.757. The maximum Gasteiger partial charge on any atom is 0.420 e. The van der Waals surface area contributed by atoms with Crippen molar-refractivity contribution in [1.82, 2.24) is 19.9 Å². The molecule has 0 saturated carbocycles. The highest BCUT2D eigenvalue weighted by Gasteiger charge is 2.23. The molecule has 26 heavy (non-hydrogen) atoms. The first kappa shape index (κ1) is 16.3. The number of carbonyl (C=O) groups is 1. The minimum absolute atomic E-state index is 0.00660. The highest BCUT2D eigenvalue weighted by atomic mass is 16.4. The Balaban J connectivity index is 1.43. The molecule has 1 atom stereocenters. The summed E-state index contributed by atoms with van der Waals surface area (Å²) in [6.45, 7) is 1.50. The van der Waals surface area contributed by atoms with E-state index in [1.807, 2.05) is 6.07 Å². The first-order valence-electron chi connectivity index (χ1n) is 8.59. The van der Waals surface area contributed by atoms with E-state index in [9.17, 15) is 9.59 Å². The number of rotatable bonds is 4. The molecule has 2 aromatic heterocycles. The van der Waals surface area contributed by atoms with Crippen molar-refractivity contribution in [2.75, 3.05) is 18.0 Å². The first-order valence-corrected chi connectivity index (χ1v) is 8.59. The lowest BCUT2D eigenvalue weighted by Crippen LogP contribution is -2.49. The molecule has 1 aliphatic heterocycles. The van der Waals surface area contributed by atoms with Crippen LogP contribution in [0, 0.1) is 0 Å². The molecule has 0 radical (unpaired) electrons. The zero-order chi connectivity index (χ0) is 17.9. The lowest BCUT2D eigenvalue weighted by Gasteiger charge is -2.33. The number of oxazole rings is 1. The third-order valence-electron chi connectivity index (χ3n) is 4.54. The van der Waals surface area contributed by atoms with E-state index in [-0.39, 0.29) is 18.5 Å². The summed E-state index contributed by atoms with van der Waals surface area (Å²) in [6.07, 6.45) is 6.87. The van der Waals surface area contributed by atoms with E-state index in [4.69, 9.17) is 4.42 Å². The fraction of sp³-hybridized carbons (Fsp3) is 0.333. The molecule has 4 rings (SSSR count). The van der Waals surface area contributed by atoms with Gasteiger partial charge in [0.25, 0.3) is 0 Å². The van der Waals surface area contributed by atoms with Crippen molar-refractivity contribution in [3.05, 3.63) is 53.4 Å². The molecule has 1 N–H and O–H groups in total. The van der Waals surface area contributed by atoms with Gasteiger partial charge in [-0.05, 0) is 25.0 Å². The molecule has 1 aliphatic rings. The Morgan fingerprint density at radius 2 is 2.19 bits per heavy atom. The van der Waals surface area contributed by atoms with Gasteiger partial charge >= 0.3 is 5.76 Å². The lowest BCUT2D eigenvalue weighted by molar-refractivity contribution is -0.122. The number of nitrogens with one attached hydrogen (secondary N) is 1. The third kappa shape index (κ3) is 3.30. The molecule has 1 amide bonds. The number of aromatic nitrogens is 3. The molecule has 1 saturated heterocycles. The Bertz CT molecular complexity index is 966. The predicted octanol–water partition coefficient (Wildman–Crippen LogP) is 1.17. The van der Waals surface area contributed by atoms with Gasteiger partial charge in [0.2, 0.25) is 5.91 Å². The van der Waals surface area contributed by atoms with Crippen molar-refractivity contribution >= 4 is 22.8 Å². The van der Waals surface area contributed by atoms with Crippen LogP contribution in [0.3, 0.4) is 0 Å². The molecular formula is C18H19N5O3. The Morgan fingerprint density at radius 3 is 3.04 bits per heavy atom. The van der Waals surface area contributed by atoms with Crippen molar-refractivity contribution in [2.24, 2.45) is 0 Å². The molecule has 1 fully saturated rings. The van der Waals surface area contributed by atoms with E-state index in [1.54, 1.807) is 36.8 Å². The van der Waals surface area contributed by atoms with Crippen molar-refractivity contribution in [3.63, 3.8) is 0 Å². The maximum atomic E-state index is 12.5. The van der Waals surface area contributed by atoms with Crippen molar-refractivity contribution < 1.29 is 9.21 Å². The Labute approximate surface area is 149 Å². The second kappa shape index (κ2) is 6.99. The fourth-order valence-corrected chi connectivity index (χ4v) is 3.34. The summed E-state index contributed by atoms with van der Waals surface area (Å²) in [5.74, 6) is 0.0827. The van der Waals surface area contributed by atoms with Gasteiger partial charge in [0, 0.05) is 31.5 Å². The van der Waals surface area contributed by atoms with E-state index < -0.39 is 5.76 Å². The minimum atomic E-state index is -0.522. The zero-order valence-corrected chi connectivity index (χ0v) is 14.2. The number of amides is 1. The van der Waals surface area contributed by atoms with Gasteiger partial charge in [-0.15, -0.1) is 0 Å². The van der Waals surface area contributed by atoms with Crippen LogP contribution in [-0.2, 0) is 11.3 Å². The Morgan fingerprint density at radius 1 is 1.31 bits per heavy atom. The fourth-order valence-electron chi connectivity index (χ4n) is 3.34. The second-order valence-electron chi connectivity index (χ2n) is 6.34. The van der Waals surface area contributed by atoms with Crippen LogP contribution < -0.4 is 16.0 Å². The highest BCUT2D eigenvalue weighted by Crippen LogP contribution is 2.17. The SMILES string of the molecule is O=C(Cn1c(=O)oc2ccccc21)N[C@@H]1CCCN(c2cnccn2)C1. The van der Waals surface area contributed by atoms with E-state index in [2.05, 4.69) is 20.2 Å². The summed E-state index contributed by atoms with van der Waals surface area (Å²) in [4.78, 5) is 35.0. The average Bonchev–Trinajstić information content (AvgIpc) is 2.98. The maximum absolute atomic E-state index is 12.5. The van der Waals surface area contributed by atoms with Crippen molar-refractivity contribution in [1.29, 1.82) is 0 Å². The number of hydrogen-bond acceptors (Lipinski definition) is 6. The van der Waals surface area contributed by atoms with E-state index in [0.29, 0.717) is 17.6 Å². The number of para-hydroxylation sites is 2. The zero-order valence-electron chi connectivity index (χ0n) is 14.2. The topological polar surface area (TPSA) is 93.3 Å². The number of nitrogens with zero attached hydrogens (tertiary/aromatic N) is 4. The minimum Gasteiger partial charge on any atom is -0.408 e. The molecule has 3 aromatic rings. The number of hydrogen-bond donors (Lipinski definition) is 1. The molecule has 0 aliphatic carbocycles. The molecule has 0 bridgehead atoms. The van der Waals surface area contributed by atoms with Gasteiger partial charge < -0.3 is 14.6 Å². The molecule has 0 unspecified atom stereocenters. The molecule has 1 aromatic carbocycles. The summed E-state index contributed by atoms with van der Waals surface area (Å²) < 4.78 is 6.52. The molecule has 0 spiro atoms. The molecular weight excluding hydrogens is 334 g/mol. The van der Waals surface area contributed by atoms with Crippen LogP contribution in [0.2, 0.25) is 0 Å². The standard InChI is InChI=1S/C18H19N5O3/c24-17(12-23-14-5-1-2-6-15(14)26-18(23)25)21-13-4-3-9-22(11-13)16-10-19-7-8-20-16/h1-2,5-8,10,13H,3-4,9,11-12H2,(H,21,24)/t13-/m1/s1. The smallest absolute Gasteiger partial charge is 0.408 e. The second-order valence-corrected chi connectivity index (χ2v) is 6.34. The normalized spacial score (nSPS) is 17.4. The Hall–Kier alpha value is -3.16. The van der Waals surface area contributed by atoms with Gasteiger partial charge in [0.05, 0.1) is 11.7 Å². The molecule has 3 heterocycles. The summed E-state index contributed by atoms with van der Waals surface area (Å²) >= 11 is 0. The summed E-state index contributed by atoms with van der Waals surface area (Å²) in [5, 5.41) is 3.02. The Kier molecular flexibility index (Phi) is 4.39. The number of piperidine rings is 1. The van der Waals surface area contributed by atoms with Crippen LogP contribution in [0.25, 0.3) is 11.1 Å². The monoisotopic (exact) mass is 353 g/mol. The van der Waals surface area contributed by atoms with Crippen LogP contribution in [-0.4, -0.2) is 39.6 Å². The molecule has 8 nitrogen and oxygen atoms in total. The van der Waals surface area contributed by atoms with Gasteiger partial charge in [-0.25, -0.2) is 9.78 Å². The number of anilines is 1. The van der Waals surface area contributed by atoms with Crippen LogP contribution in [0.5, 0.6) is 0 Å². The van der Waals surface area contributed by atoms with Gasteiger partial charge in [-0.3, -0.25) is 14.3 Å². The van der Waals surface area contributed by atoms with Crippen molar-refractivity contribution in [3.8, 4) is 0 Å². The van der Waals surface area contributed by atoms with Crippen LogP contribution in [0.15, 0.2) is 52.1 Å². The van der Waals surface area contributed by atoms with Crippen LogP contribution in [0.4, 0.5) is 5.82 Å². The van der Waals surface area contributed by atoms with E-state index >= 15 is 0 Å². The van der Waals surface area contributed by atoms with Crippen LogP contribution in [0.1, 0.15) is 12.8 Å². The number of fused-ring (bicyclic) bond motifs is 1. The molecule has 8 heteroatoms. The predicted molar refractivity (Wildman–Crippen MR) is 95.9 cm³/mol. The number of carbonyl (C=O) groups excluding carboxylic acids is 1. The van der Waals surface area contributed by atoms with Gasteiger partial charge in [0.15, 0.2) is 5.58 Å². The number of benzene rings is 1. The van der Waals surface area contributed by atoms with E-state index in [1.165, 1.54) is 4.57 Å². The summed E-state index contributed by atoms with van der Waals surface area (Å²) in [5.41, 5.74) is 1.11. The highest BCUT2D eigenvalue weighted by molar-refractivity contribution is 5.79. The summed E-state index contributed by atoms with van der Waals surface area (Å²) in [7, 11) is 0. The first-order chi connectivity index (χ1) is 12.7. The van der Waals surface area contributed by atoms with E-state index in [0.717, 1.165) is 25.2 Å². The van der Waals surface area contributed by atoms with Gasteiger partial charge in [-0.1, -0.05) is 12.1 Å². The largest absolute Gasteiger partial charge is 0.420 e. The third-order valence-corrected chi connectivity index (χ3v) is 4.54.